The van der Waals surface area contributed by atoms with Gasteiger partial charge in [-0.3, -0.25) is 14.3 Å². The molecule has 8 rings (SSSR count). The van der Waals surface area contributed by atoms with E-state index in [4.69, 9.17) is 24.2 Å². The Kier molecular flexibility index (Phi) is 11.3. The third kappa shape index (κ3) is 8.27. The lowest BCUT2D eigenvalue weighted by molar-refractivity contribution is -0.131. The van der Waals surface area contributed by atoms with Crippen molar-refractivity contribution in [2.24, 2.45) is 5.92 Å². The molecule has 3 fully saturated rings. The van der Waals surface area contributed by atoms with E-state index < -0.39 is 50.2 Å². The second-order valence-corrected chi connectivity index (χ2v) is 20.0. The van der Waals surface area contributed by atoms with Gasteiger partial charge in [0.25, 0.3) is 5.91 Å². The maximum absolute atomic E-state index is 14.8. The van der Waals surface area contributed by atoms with Crippen molar-refractivity contribution in [1.82, 2.24) is 29.8 Å². The number of benzene rings is 2. The number of hydrogen-bond acceptors (Lipinski definition) is 11. The third-order valence-corrected chi connectivity index (χ3v) is 15.3. The second kappa shape index (κ2) is 16.3. The Labute approximate surface area is 354 Å². The van der Waals surface area contributed by atoms with Crippen LogP contribution in [0.5, 0.6) is 17.2 Å². The molecule has 1 saturated heterocycles. The molecule has 60 heavy (non-hydrogen) atoms. The minimum Gasteiger partial charge on any atom is -0.497 e. The summed E-state index contributed by atoms with van der Waals surface area (Å²) in [6.45, 7) is 6.61. The first-order chi connectivity index (χ1) is 28.7. The molecule has 4 amide bonds. The van der Waals surface area contributed by atoms with Gasteiger partial charge in [-0.1, -0.05) is 38.1 Å². The molecule has 4 heterocycles. The number of sulfonamides is 1. The van der Waals surface area contributed by atoms with Gasteiger partial charge in [0.2, 0.25) is 15.9 Å². The van der Waals surface area contributed by atoms with E-state index in [1.54, 1.807) is 30.9 Å². The van der Waals surface area contributed by atoms with E-state index in [0.29, 0.717) is 67.2 Å². The molecule has 2 aliphatic carbocycles. The zero-order valence-corrected chi connectivity index (χ0v) is 36.2. The standard InChI is InChI=1S/C44H52N6O8S2/c1-27(2)36-26-59-40(46-36)35-22-38(33-16-15-31(57-5)20-34(33)45-35)58-32-21-37-39(51)47-44(41(52)48-60(54,55)43(3)17-18-43)23-29(44)10-8-6-7-9-19-49(42(53)50(37)25-32)24-28-11-13-30(56-4)14-12-28/h8,10-16,20,22,26-27,29,32,37H,6-7,9,17-19,21,23-25H2,1-5H3,(H,47,51)(H,48,52)/b10-8-. The van der Waals surface area contributed by atoms with Crippen molar-refractivity contribution in [1.29, 1.82) is 0 Å². The number of nitrogens with zero attached hydrogens (tertiary/aromatic N) is 4. The average molecular weight is 857 g/mol. The van der Waals surface area contributed by atoms with E-state index in [2.05, 4.69) is 23.9 Å². The van der Waals surface area contributed by atoms with Gasteiger partial charge < -0.3 is 29.3 Å². The zero-order valence-electron chi connectivity index (χ0n) is 34.6. The molecule has 4 aromatic rings. The fourth-order valence-electron chi connectivity index (χ4n) is 7.97. The van der Waals surface area contributed by atoms with Crippen LogP contribution in [-0.2, 0) is 26.2 Å². The van der Waals surface area contributed by atoms with E-state index >= 15 is 0 Å². The minimum atomic E-state index is -3.98. The maximum Gasteiger partial charge on any atom is 0.321 e. The highest BCUT2D eigenvalue weighted by atomic mass is 32.2. The van der Waals surface area contributed by atoms with Crippen LogP contribution in [-0.4, -0.2) is 95.8 Å². The highest BCUT2D eigenvalue weighted by Gasteiger charge is 2.63. The topological polar surface area (TPSA) is 169 Å². The summed E-state index contributed by atoms with van der Waals surface area (Å²) in [6.07, 6.45) is 6.69. The second-order valence-electron chi connectivity index (χ2n) is 16.9. The van der Waals surface area contributed by atoms with Gasteiger partial charge in [0, 0.05) is 48.3 Å². The lowest BCUT2D eigenvalue weighted by Crippen LogP contribution is -2.58. The zero-order chi connectivity index (χ0) is 42.4. The van der Waals surface area contributed by atoms with Crippen molar-refractivity contribution < 1.29 is 37.0 Å². The minimum absolute atomic E-state index is 0.0787. The van der Waals surface area contributed by atoms with Crippen molar-refractivity contribution in [2.75, 3.05) is 27.3 Å². The van der Waals surface area contributed by atoms with Crippen LogP contribution >= 0.6 is 11.3 Å². The maximum atomic E-state index is 14.8. The fraction of sp³-hybridized carbons (Fsp3) is 0.477. The van der Waals surface area contributed by atoms with Gasteiger partial charge >= 0.3 is 6.03 Å². The number of carbonyl (C=O) groups excluding carboxylic acids is 3. The molecule has 2 aromatic heterocycles. The number of methoxy groups -OCH3 is 2. The molecule has 2 N–H and O–H groups in total. The van der Waals surface area contributed by atoms with Gasteiger partial charge in [0.15, 0.2) is 0 Å². The van der Waals surface area contributed by atoms with Gasteiger partial charge in [0.1, 0.15) is 45.6 Å². The number of carbonyl (C=O) groups is 3. The number of ether oxygens (including phenoxy) is 3. The summed E-state index contributed by atoms with van der Waals surface area (Å²) in [4.78, 5) is 56.6. The van der Waals surface area contributed by atoms with Crippen molar-refractivity contribution in [3.8, 4) is 28.0 Å². The highest BCUT2D eigenvalue weighted by Crippen LogP contribution is 2.48. The lowest BCUT2D eigenvalue weighted by atomic mass is 10.1. The van der Waals surface area contributed by atoms with Crippen molar-refractivity contribution in [2.45, 2.75) is 101 Å². The first-order valence-corrected chi connectivity index (χ1v) is 22.9. The number of urea groups is 1. The molecule has 0 radical (unpaired) electrons. The van der Waals surface area contributed by atoms with Crippen LogP contribution in [0.2, 0.25) is 0 Å². The SMILES string of the molecule is COc1ccc(CN2CCCC/C=C\C3CC3(C(=O)NS(=O)(=O)C3(C)CC3)NC(=O)C3CC(Oc4cc(-c5nc(C(C)C)cs5)nc5cc(OC)ccc45)CN3C2=O)cc1. The molecule has 16 heteroatoms. The van der Waals surface area contributed by atoms with Crippen LogP contribution in [0.25, 0.3) is 21.6 Å². The highest BCUT2D eigenvalue weighted by molar-refractivity contribution is 7.91. The number of fused-ring (bicyclic) bond motifs is 3. The molecule has 2 saturated carbocycles. The molecule has 4 atom stereocenters. The van der Waals surface area contributed by atoms with E-state index in [1.165, 1.54) is 11.3 Å². The Balaban J connectivity index is 1.14. The number of rotatable bonds is 11. The molecule has 0 spiro atoms. The first kappa shape index (κ1) is 41.5. The lowest BCUT2D eigenvalue weighted by Gasteiger charge is -2.32. The van der Waals surface area contributed by atoms with Crippen LogP contribution in [0.15, 0.2) is 66.1 Å². The molecule has 2 aromatic carbocycles. The van der Waals surface area contributed by atoms with Crippen molar-refractivity contribution in [3.63, 3.8) is 0 Å². The van der Waals surface area contributed by atoms with Crippen LogP contribution < -0.4 is 24.2 Å². The number of aromatic nitrogens is 2. The van der Waals surface area contributed by atoms with Crippen molar-refractivity contribution >= 4 is 50.1 Å². The summed E-state index contributed by atoms with van der Waals surface area (Å²) in [6, 6.07) is 13.6. The number of thiazole rings is 1. The average Bonchev–Trinajstić information content (AvgIpc) is 4.00. The fourth-order valence-corrected chi connectivity index (χ4v) is 10.2. The first-order valence-electron chi connectivity index (χ1n) is 20.6. The quantitative estimate of drug-likeness (QED) is 0.158. The Bertz CT molecular complexity index is 2430. The summed E-state index contributed by atoms with van der Waals surface area (Å²) in [5.74, 6) is 0.357. The van der Waals surface area contributed by atoms with Gasteiger partial charge in [-0.15, -0.1) is 11.3 Å². The summed E-state index contributed by atoms with van der Waals surface area (Å²) >= 11 is 1.50. The van der Waals surface area contributed by atoms with E-state index in [1.807, 2.05) is 66.1 Å². The Morgan fingerprint density at radius 2 is 1.78 bits per heavy atom. The van der Waals surface area contributed by atoms with Gasteiger partial charge in [-0.25, -0.2) is 23.2 Å². The molecule has 2 aliphatic heterocycles. The summed E-state index contributed by atoms with van der Waals surface area (Å²) in [5, 5.41) is 6.45. The summed E-state index contributed by atoms with van der Waals surface area (Å²) < 4.78 is 45.5. The number of amides is 4. The molecule has 14 nitrogen and oxygen atoms in total. The van der Waals surface area contributed by atoms with Gasteiger partial charge in [-0.2, -0.15) is 0 Å². The molecule has 4 unspecified atom stereocenters. The number of pyridine rings is 1. The Morgan fingerprint density at radius 1 is 1.03 bits per heavy atom. The van der Waals surface area contributed by atoms with E-state index in [-0.39, 0.29) is 31.3 Å². The van der Waals surface area contributed by atoms with Crippen LogP contribution in [0.3, 0.4) is 0 Å². The van der Waals surface area contributed by atoms with E-state index in [0.717, 1.165) is 28.1 Å². The van der Waals surface area contributed by atoms with E-state index in [9.17, 15) is 22.8 Å². The van der Waals surface area contributed by atoms with Gasteiger partial charge in [-0.05, 0) is 81.2 Å². The third-order valence-electron chi connectivity index (χ3n) is 12.2. The number of hydrogen-bond donors (Lipinski definition) is 2. The predicted octanol–water partition coefficient (Wildman–Crippen LogP) is 6.56. The van der Waals surface area contributed by atoms with Crippen LogP contribution in [0.4, 0.5) is 4.79 Å². The van der Waals surface area contributed by atoms with Crippen LogP contribution in [0.1, 0.15) is 82.9 Å². The Morgan fingerprint density at radius 3 is 2.48 bits per heavy atom. The molecular weight excluding hydrogens is 805 g/mol. The number of allylic oxidation sites excluding steroid dienone is 1. The van der Waals surface area contributed by atoms with Crippen molar-refractivity contribution in [3.05, 3.63) is 77.3 Å². The molecule has 0 bridgehead atoms. The monoisotopic (exact) mass is 856 g/mol. The van der Waals surface area contributed by atoms with Crippen LogP contribution in [0, 0.1) is 5.92 Å². The van der Waals surface area contributed by atoms with Gasteiger partial charge in [0.05, 0.1) is 36.7 Å². The predicted molar refractivity (Wildman–Crippen MR) is 228 cm³/mol. The molecular formula is C44H52N6O8S2. The summed E-state index contributed by atoms with van der Waals surface area (Å²) in [5.41, 5.74) is 1.63. The normalized spacial score (nSPS) is 24.5. The summed E-state index contributed by atoms with van der Waals surface area (Å²) in [7, 11) is -0.783. The largest absolute Gasteiger partial charge is 0.497 e. The Hall–Kier alpha value is -5.22. The molecule has 318 valence electrons. The smallest absolute Gasteiger partial charge is 0.321 e. The molecule has 4 aliphatic rings. The number of nitrogens with one attached hydrogen (secondary N) is 2.